The predicted octanol–water partition coefficient (Wildman–Crippen LogP) is 5.78. The zero-order valence-corrected chi connectivity index (χ0v) is 16.2. The van der Waals surface area contributed by atoms with Crippen molar-refractivity contribution in [2.45, 2.75) is 26.1 Å². The summed E-state index contributed by atoms with van der Waals surface area (Å²) < 4.78 is 66.5. The predicted molar refractivity (Wildman–Crippen MR) is 105 cm³/mol. The maximum absolute atomic E-state index is 12.9. The van der Waals surface area contributed by atoms with Gasteiger partial charge in [-0.15, -0.1) is 26.0 Å². The summed E-state index contributed by atoms with van der Waals surface area (Å²) >= 11 is 0. The van der Waals surface area contributed by atoms with Gasteiger partial charge in [-0.25, -0.2) is 8.78 Å². The molecular formula is C22H19F5N2O. The molecule has 1 N–H and O–H groups in total. The van der Waals surface area contributed by atoms with E-state index in [0.717, 1.165) is 12.1 Å². The van der Waals surface area contributed by atoms with Gasteiger partial charge in [0.15, 0.2) is 0 Å². The number of nitriles is 1. The number of benzene rings is 2. The van der Waals surface area contributed by atoms with E-state index in [2.05, 4.69) is 22.9 Å². The Morgan fingerprint density at radius 1 is 1.10 bits per heavy atom. The number of ether oxygens (including phenoxy) is 1. The summed E-state index contributed by atoms with van der Waals surface area (Å²) in [5.41, 5.74) is 2.84. The van der Waals surface area contributed by atoms with Gasteiger partial charge in [0.05, 0.1) is 0 Å². The van der Waals surface area contributed by atoms with Crippen molar-refractivity contribution in [3.63, 3.8) is 0 Å². The molecule has 0 bridgehead atoms. The fraction of sp³-hybridized carbons (Fsp3) is 0.227. The first-order chi connectivity index (χ1) is 14.1. The zero-order valence-electron chi connectivity index (χ0n) is 16.2. The number of rotatable bonds is 6. The molecule has 30 heavy (non-hydrogen) atoms. The Labute approximate surface area is 171 Å². The summed E-state index contributed by atoms with van der Waals surface area (Å²) in [7, 11) is 1.57. The van der Waals surface area contributed by atoms with E-state index < -0.39 is 19.2 Å². The number of allylic oxidation sites excluding steroid dienone is 2. The normalized spacial score (nSPS) is 11.6. The van der Waals surface area contributed by atoms with Crippen LogP contribution >= 0.6 is 0 Å². The van der Waals surface area contributed by atoms with Gasteiger partial charge in [0.2, 0.25) is 6.43 Å². The monoisotopic (exact) mass is 422 g/mol. The highest BCUT2D eigenvalue weighted by atomic mass is 19.4. The molecule has 3 nitrogen and oxygen atoms in total. The Morgan fingerprint density at radius 3 is 2.17 bits per heavy atom. The number of halogens is 5. The molecule has 0 unspecified atom stereocenters. The zero-order chi connectivity index (χ0) is 22.9. The fourth-order valence-corrected chi connectivity index (χ4v) is 2.69. The summed E-state index contributed by atoms with van der Waals surface area (Å²) in [6.45, 7) is 1.68. The van der Waals surface area contributed by atoms with Crippen molar-refractivity contribution in [1.29, 1.82) is 5.26 Å². The minimum absolute atomic E-state index is 0.286. The number of nitrogens with one attached hydrogen (secondary N) is 1. The Balaban J connectivity index is 0.00000218. The Bertz CT molecular complexity index is 939. The lowest BCUT2D eigenvalue weighted by Crippen LogP contribution is -2.16. The second-order valence-electron chi connectivity index (χ2n) is 5.95. The summed E-state index contributed by atoms with van der Waals surface area (Å²) in [5, 5.41) is 11.9. The molecule has 0 amide bonds. The van der Waals surface area contributed by atoms with E-state index in [9.17, 15) is 27.2 Å². The number of alkyl halides is 5. The largest absolute Gasteiger partial charge is 0.573 e. The number of hydrogen-bond donors (Lipinski definition) is 1. The third kappa shape index (κ3) is 7.14. The van der Waals surface area contributed by atoms with Crippen LogP contribution in [0.4, 0.5) is 22.0 Å². The lowest BCUT2D eigenvalue weighted by Gasteiger charge is -2.13. The average Bonchev–Trinajstić information content (AvgIpc) is 2.69. The second kappa shape index (κ2) is 10.9. The van der Waals surface area contributed by atoms with Crippen LogP contribution in [0.2, 0.25) is 0 Å². The Morgan fingerprint density at radius 2 is 1.70 bits per heavy atom. The SMILES string of the molecule is C#C.CN/C(C#N)=C(\C)c1cc(CC(F)F)cc(-c2ccc(OC(F)(F)F)cc2)c1. The maximum atomic E-state index is 12.9. The summed E-state index contributed by atoms with van der Waals surface area (Å²) in [5.74, 6) is -0.377. The van der Waals surface area contributed by atoms with Crippen LogP contribution in [-0.2, 0) is 6.42 Å². The van der Waals surface area contributed by atoms with Gasteiger partial charge in [-0.2, -0.15) is 5.26 Å². The lowest BCUT2D eigenvalue weighted by atomic mass is 9.95. The van der Waals surface area contributed by atoms with Crippen LogP contribution in [0, 0.1) is 24.2 Å². The smallest absolute Gasteiger partial charge is 0.406 e. The van der Waals surface area contributed by atoms with Gasteiger partial charge < -0.3 is 10.1 Å². The minimum Gasteiger partial charge on any atom is -0.406 e. The third-order valence-electron chi connectivity index (χ3n) is 3.97. The Kier molecular flexibility index (Phi) is 8.88. The van der Waals surface area contributed by atoms with Crippen molar-refractivity contribution in [2.75, 3.05) is 7.05 Å². The highest BCUT2D eigenvalue weighted by molar-refractivity contribution is 5.75. The average molecular weight is 422 g/mol. The molecule has 0 aromatic heterocycles. The van der Waals surface area contributed by atoms with Crippen LogP contribution in [0.1, 0.15) is 18.1 Å². The first kappa shape index (κ1) is 24.5. The standard InChI is InChI=1S/C20H17F5N2O.C2H2/c1-12(18(11-26)27-2)15-7-13(9-19(21)22)8-16(10-15)14-3-5-17(6-4-14)28-20(23,24)25;1-2/h3-8,10,19,27H,9H2,1-2H3;1-2H/b18-12+;. The van der Waals surface area contributed by atoms with Crippen LogP contribution in [0.3, 0.4) is 0 Å². The molecule has 0 heterocycles. The summed E-state index contributed by atoms with van der Waals surface area (Å²) in [6.07, 6.45) is 0.161. The number of terminal acetylenes is 1. The van der Waals surface area contributed by atoms with E-state index in [0.29, 0.717) is 27.8 Å². The van der Waals surface area contributed by atoms with E-state index in [1.54, 1.807) is 32.2 Å². The van der Waals surface area contributed by atoms with Crippen molar-refractivity contribution in [3.8, 4) is 35.8 Å². The molecule has 0 fully saturated rings. The molecule has 8 heteroatoms. The van der Waals surface area contributed by atoms with Crippen molar-refractivity contribution in [3.05, 3.63) is 59.3 Å². The first-order valence-corrected chi connectivity index (χ1v) is 8.53. The van der Waals surface area contributed by atoms with Gasteiger partial charge in [-0.1, -0.05) is 24.3 Å². The molecule has 0 aliphatic rings. The highest BCUT2D eigenvalue weighted by Crippen LogP contribution is 2.30. The number of nitrogens with zero attached hydrogens (tertiary/aromatic N) is 1. The third-order valence-corrected chi connectivity index (χ3v) is 3.97. The Hall–Kier alpha value is -3.52. The molecule has 0 aliphatic carbocycles. The molecule has 2 rings (SSSR count). The van der Waals surface area contributed by atoms with Gasteiger partial charge in [-0.3, -0.25) is 0 Å². The van der Waals surface area contributed by atoms with Gasteiger partial charge >= 0.3 is 6.36 Å². The van der Waals surface area contributed by atoms with Crippen molar-refractivity contribution >= 4 is 5.57 Å². The van der Waals surface area contributed by atoms with Gasteiger partial charge in [0, 0.05) is 13.5 Å². The van der Waals surface area contributed by atoms with Gasteiger partial charge in [0.1, 0.15) is 17.5 Å². The van der Waals surface area contributed by atoms with Gasteiger partial charge in [0.25, 0.3) is 0 Å². The van der Waals surface area contributed by atoms with Crippen molar-refractivity contribution in [2.24, 2.45) is 0 Å². The van der Waals surface area contributed by atoms with E-state index in [1.807, 2.05) is 6.07 Å². The fourth-order valence-electron chi connectivity index (χ4n) is 2.69. The molecule has 158 valence electrons. The lowest BCUT2D eigenvalue weighted by molar-refractivity contribution is -0.274. The minimum atomic E-state index is -4.80. The van der Waals surface area contributed by atoms with E-state index in [-0.39, 0.29) is 11.4 Å². The summed E-state index contributed by atoms with van der Waals surface area (Å²) in [4.78, 5) is 0. The van der Waals surface area contributed by atoms with Gasteiger partial charge in [-0.05, 0) is 52.9 Å². The van der Waals surface area contributed by atoms with Crippen molar-refractivity contribution < 1.29 is 26.7 Å². The molecule has 0 spiro atoms. The van der Waals surface area contributed by atoms with Crippen LogP contribution in [0.25, 0.3) is 16.7 Å². The van der Waals surface area contributed by atoms with E-state index >= 15 is 0 Å². The second-order valence-corrected chi connectivity index (χ2v) is 5.95. The van der Waals surface area contributed by atoms with E-state index in [1.165, 1.54) is 12.1 Å². The maximum Gasteiger partial charge on any atom is 0.573 e. The van der Waals surface area contributed by atoms with Crippen molar-refractivity contribution in [1.82, 2.24) is 5.32 Å². The summed E-state index contributed by atoms with van der Waals surface area (Å²) in [6, 6.07) is 11.9. The molecule has 0 atom stereocenters. The molecule has 0 radical (unpaired) electrons. The van der Waals surface area contributed by atoms with Crippen LogP contribution in [0.5, 0.6) is 5.75 Å². The van der Waals surface area contributed by atoms with E-state index in [4.69, 9.17) is 0 Å². The van der Waals surface area contributed by atoms with Crippen LogP contribution in [0.15, 0.2) is 48.2 Å². The number of hydrogen-bond acceptors (Lipinski definition) is 3. The molecule has 0 saturated carbocycles. The molecular weight excluding hydrogens is 403 g/mol. The molecule has 2 aromatic rings. The molecule has 0 aliphatic heterocycles. The molecule has 2 aromatic carbocycles. The van der Waals surface area contributed by atoms with Crippen LogP contribution in [-0.4, -0.2) is 19.8 Å². The molecule has 0 saturated heterocycles. The topological polar surface area (TPSA) is 45.0 Å². The van der Waals surface area contributed by atoms with Crippen LogP contribution < -0.4 is 10.1 Å². The quantitative estimate of drug-likeness (QED) is 0.365. The highest BCUT2D eigenvalue weighted by Gasteiger charge is 2.31. The first-order valence-electron chi connectivity index (χ1n) is 8.53.